The predicted octanol–water partition coefficient (Wildman–Crippen LogP) is 8.41. The molecule has 0 aliphatic heterocycles. The van der Waals surface area contributed by atoms with Crippen molar-refractivity contribution >= 4 is 24.8 Å². The third-order valence-electron chi connectivity index (χ3n) is 10.2. The summed E-state index contributed by atoms with van der Waals surface area (Å²) < 4.78 is 4.37. The summed E-state index contributed by atoms with van der Waals surface area (Å²) in [5, 5.41) is 0. The summed E-state index contributed by atoms with van der Waals surface area (Å²) in [6.45, 7) is 9.98. The van der Waals surface area contributed by atoms with Gasteiger partial charge in [-0.25, -0.2) is 0 Å². The number of allylic oxidation sites excluding steroid dienone is 2. The van der Waals surface area contributed by atoms with Gasteiger partial charge in [-0.3, -0.25) is 0 Å². The van der Waals surface area contributed by atoms with E-state index in [2.05, 4.69) is 149 Å². The zero-order valence-corrected chi connectivity index (χ0v) is 27.9. The van der Waals surface area contributed by atoms with Crippen molar-refractivity contribution in [1.82, 2.24) is 0 Å². The predicted molar refractivity (Wildman–Crippen MR) is 166 cm³/mol. The van der Waals surface area contributed by atoms with Gasteiger partial charge in [-0.15, -0.1) is 0 Å². The quantitative estimate of drug-likeness (QED) is 0.172. The Kier molecular flexibility index (Phi) is 6.69. The van der Waals surface area contributed by atoms with Gasteiger partial charge in [0.15, 0.2) is 0 Å². The Labute approximate surface area is 230 Å². The molecule has 0 fully saturated rings. The fraction of sp³-hybridized carbons (Fsp3) is 0.222. The van der Waals surface area contributed by atoms with Crippen LogP contribution in [0.15, 0.2) is 120 Å². The summed E-state index contributed by atoms with van der Waals surface area (Å²) in [4.78, 5) is 0. The van der Waals surface area contributed by atoms with Crippen molar-refractivity contribution in [1.29, 1.82) is 0 Å². The number of rotatable bonds is 7. The molecule has 2 aliphatic rings. The Morgan fingerprint density at radius 3 is 1.29 bits per heavy atom. The van der Waals surface area contributed by atoms with Crippen LogP contribution in [0.1, 0.15) is 57.3 Å². The summed E-state index contributed by atoms with van der Waals surface area (Å²) in [7, 11) is 0. The summed E-state index contributed by atoms with van der Waals surface area (Å²) >= 11 is -4.65. The molecule has 0 radical (unpaired) electrons. The molecule has 4 aromatic carbocycles. The molecule has 0 bridgehead atoms. The van der Waals surface area contributed by atoms with Gasteiger partial charge < -0.3 is 0 Å². The SMILES string of the molecule is CC[SiH](CC)[Hf]([c]1ccccc1)([c]1ccccc1)([CH]1C(C)=Cc2ccccc21)[CH]1C(C)=Cc2ccccc21. The second-order valence-electron chi connectivity index (χ2n) is 11.6. The molecule has 4 aromatic rings. The molecule has 0 amide bonds. The molecular formula is C36H39HfSi. The Balaban J connectivity index is 1.91. The second kappa shape index (κ2) is 9.88. The van der Waals surface area contributed by atoms with Gasteiger partial charge in [-0.1, -0.05) is 0 Å². The Morgan fingerprint density at radius 2 is 0.895 bits per heavy atom. The first kappa shape index (κ1) is 25.7. The number of fused-ring (bicyclic) bond motifs is 2. The minimum absolute atomic E-state index is 0.476. The summed E-state index contributed by atoms with van der Waals surface area (Å²) in [6.07, 6.45) is 5.08. The van der Waals surface area contributed by atoms with E-state index in [1.165, 1.54) is 23.2 Å². The van der Waals surface area contributed by atoms with Gasteiger partial charge in [0, 0.05) is 0 Å². The van der Waals surface area contributed by atoms with Crippen molar-refractivity contribution in [3.05, 3.63) is 143 Å². The van der Waals surface area contributed by atoms with Crippen LogP contribution in [-0.2, 0) is 17.7 Å². The number of benzene rings is 4. The zero-order valence-electron chi connectivity index (χ0n) is 23.2. The van der Waals surface area contributed by atoms with Crippen molar-refractivity contribution in [3.63, 3.8) is 0 Å². The van der Waals surface area contributed by atoms with E-state index in [0.717, 1.165) is 0 Å². The molecule has 0 N–H and O–H groups in total. The van der Waals surface area contributed by atoms with Crippen LogP contribution in [0, 0.1) is 0 Å². The number of hydrogen-bond acceptors (Lipinski definition) is 0. The average molecular weight is 678 g/mol. The molecular weight excluding hydrogens is 639 g/mol. The summed E-state index contributed by atoms with van der Waals surface area (Å²) in [6, 6.07) is 45.4. The molecule has 2 atom stereocenters. The molecule has 0 saturated heterocycles. The Morgan fingerprint density at radius 1 is 0.526 bits per heavy atom. The minimum atomic E-state index is -4.65. The van der Waals surface area contributed by atoms with Crippen molar-refractivity contribution in [2.75, 3.05) is 0 Å². The van der Waals surface area contributed by atoms with Gasteiger partial charge in [0.05, 0.1) is 0 Å². The molecule has 191 valence electrons. The summed E-state index contributed by atoms with van der Waals surface area (Å²) in [5.74, 6) is -1.40. The van der Waals surface area contributed by atoms with E-state index in [1.54, 1.807) is 28.9 Å². The topological polar surface area (TPSA) is 0 Å². The van der Waals surface area contributed by atoms with E-state index in [4.69, 9.17) is 0 Å². The first-order chi connectivity index (χ1) is 18.6. The van der Waals surface area contributed by atoms with Crippen molar-refractivity contribution in [2.45, 2.75) is 47.1 Å². The zero-order chi connectivity index (χ0) is 26.4. The fourth-order valence-corrected chi connectivity index (χ4v) is 91.5. The molecule has 0 aromatic heterocycles. The van der Waals surface area contributed by atoms with Crippen LogP contribution in [0.3, 0.4) is 0 Å². The average Bonchev–Trinajstić information content (AvgIpc) is 3.49. The molecule has 0 heterocycles. The third kappa shape index (κ3) is 3.29. The molecule has 2 aliphatic carbocycles. The van der Waals surface area contributed by atoms with Crippen molar-refractivity contribution in [3.8, 4) is 0 Å². The van der Waals surface area contributed by atoms with Gasteiger partial charge >= 0.3 is 232 Å². The second-order valence-corrected chi connectivity index (χ2v) is 52.7. The maximum atomic E-state index is 2.57. The van der Waals surface area contributed by atoms with E-state index >= 15 is 0 Å². The van der Waals surface area contributed by atoms with E-state index in [1.807, 2.05) is 0 Å². The Hall–Kier alpha value is -2.55. The van der Waals surface area contributed by atoms with E-state index in [9.17, 15) is 0 Å². The van der Waals surface area contributed by atoms with Gasteiger partial charge in [-0.2, -0.15) is 0 Å². The normalized spacial score (nSPS) is 19.3. The standard InChI is InChI=1S/2C10H9.2C6H5.C4H11Si.Hf/c2*1-8-6-9-4-2-3-5-10(9)7-8;2*1-2-4-6-5-3-1;1-3-5-4-2;/h2*2-7H,1H3;2*1-5H;5H,3-4H2,1-2H3;. The Bertz CT molecular complexity index is 1420. The summed E-state index contributed by atoms with van der Waals surface area (Å²) in [5.41, 5.74) is 9.24. The van der Waals surface area contributed by atoms with E-state index in [-0.39, 0.29) is 0 Å². The first-order valence-corrected chi connectivity index (χ1v) is 30.6. The van der Waals surface area contributed by atoms with E-state index in [0.29, 0.717) is 7.35 Å². The molecule has 6 rings (SSSR count). The first-order valence-electron chi connectivity index (χ1n) is 14.4. The third-order valence-corrected chi connectivity index (χ3v) is 78.7. The van der Waals surface area contributed by atoms with Crippen LogP contribution in [0.4, 0.5) is 0 Å². The molecule has 2 unspecified atom stereocenters. The van der Waals surface area contributed by atoms with Crippen LogP contribution in [0.25, 0.3) is 12.2 Å². The molecule has 38 heavy (non-hydrogen) atoms. The molecule has 0 saturated carbocycles. The number of hydrogen-bond donors (Lipinski definition) is 0. The van der Waals surface area contributed by atoms with Gasteiger partial charge in [0.2, 0.25) is 0 Å². The van der Waals surface area contributed by atoms with Crippen LogP contribution >= 0.6 is 0 Å². The maximum absolute atomic E-state index is 4.65. The van der Waals surface area contributed by atoms with Crippen LogP contribution in [-0.4, -0.2) is 5.98 Å². The van der Waals surface area contributed by atoms with Gasteiger partial charge in [0.1, 0.15) is 0 Å². The fourth-order valence-electron chi connectivity index (χ4n) is 9.34. The van der Waals surface area contributed by atoms with Crippen LogP contribution in [0.2, 0.25) is 12.1 Å². The molecule has 0 nitrogen and oxygen atoms in total. The molecule has 2 heteroatoms. The molecule has 0 spiro atoms. The van der Waals surface area contributed by atoms with Crippen molar-refractivity contribution in [2.24, 2.45) is 0 Å². The van der Waals surface area contributed by atoms with Gasteiger partial charge in [-0.05, 0) is 0 Å². The monoisotopic (exact) mass is 679 g/mol. The van der Waals surface area contributed by atoms with Crippen LogP contribution < -0.4 is 6.64 Å². The van der Waals surface area contributed by atoms with Gasteiger partial charge in [0.25, 0.3) is 0 Å². The van der Waals surface area contributed by atoms with Crippen LogP contribution in [0.5, 0.6) is 0 Å². The van der Waals surface area contributed by atoms with E-state index < -0.39 is 23.7 Å². The van der Waals surface area contributed by atoms with Crippen molar-refractivity contribution < 1.29 is 17.7 Å².